The van der Waals surface area contributed by atoms with Crippen LogP contribution in [0.3, 0.4) is 0 Å². The average molecular weight is 554 g/mol. The molecular formula is C32H43NO7. The molecule has 8 heteroatoms. The van der Waals surface area contributed by atoms with Gasteiger partial charge in [0.15, 0.2) is 0 Å². The number of anilines is 1. The highest BCUT2D eigenvalue weighted by atomic mass is 16.7. The highest BCUT2D eigenvalue weighted by molar-refractivity contribution is 6.00. The van der Waals surface area contributed by atoms with Gasteiger partial charge < -0.3 is 35.2 Å². The number of carbonyl (C=O) groups excluding carboxylic acids is 1. The fourth-order valence-electron chi connectivity index (χ4n) is 4.98. The van der Waals surface area contributed by atoms with Crippen molar-refractivity contribution in [3.63, 3.8) is 0 Å². The number of ether oxygens (including phenoxy) is 2. The molecule has 40 heavy (non-hydrogen) atoms. The maximum atomic E-state index is 12.5. The van der Waals surface area contributed by atoms with E-state index in [1.54, 1.807) is 24.3 Å². The number of carbonyl (C=O) groups is 1. The minimum atomic E-state index is -1.52. The van der Waals surface area contributed by atoms with Crippen LogP contribution in [0.1, 0.15) is 53.9 Å². The molecule has 0 radical (unpaired) electrons. The zero-order valence-electron chi connectivity index (χ0n) is 24.0. The second-order valence-corrected chi connectivity index (χ2v) is 11.3. The number of nitrogens with one attached hydrogen (secondary N) is 1. The third-order valence-corrected chi connectivity index (χ3v) is 7.35. The zero-order valence-corrected chi connectivity index (χ0v) is 24.0. The van der Waals surface area contributed by atoms with Gasteiger partial charge >= 0.3 is 0 Å². The van der Waals surface area contributed by atoms with Crippen LogP contribution >= 0.6 is 0 Å². The van der Waals surface area contributed by atoms with E-state index in [1.807, 2.05) is 25.2 Å². The van der Waals surface area contributed by atoms with Crippen LogP contribution in [-0.2, 0) is 9.53 Å². The number of hydrogen-bond donors (Lipinski definition) is 5. The maximum absolute atomic E-state index is 12.5. The molecule has 1 aromatic rings. The summed E-state index contributed by atoms with van der Waals surface area (Å²) in [5, 5.41) is 42.0. The van der Waals surface area contributed by atoms with E-state index in [2.05, 4.69) is 45.2 Å². The van der Waals surface area contributed by atoms with Crippen molar-refractivity contribution in [2.24, 2.45) is 5.41 Å². The molecule has 5 atom stereocenters. The molecule has 8 nitrogen and oxygen atoms in total. The predicted octanol–water partition coefficient (Wildman–Crippen LogP) is 4.34. The average Bonchev–Trinajstić information content (AvgIpc) is 2.89. The molecule has 0 unspecified atom stereocenters. The molecule has 2 aliphatic rings. The highest BCUT2D eigenvalue weighted by Gasteiger charge is 2.44. The molecule has 1 heterocycles. The van der Waals surface area contributed by atoms with Crippen molar-refractivity contribution in [3.05, 3.63) is 83.0 Å². The van der Waals surface area contributed by atoms with Crippen LogP contribution in [0.4, 0.5) is 5.69 Å². The van der Waals surface area contributed by atoms with E-state index in [9.17, 15) is 25.2 Å². The lowest BCUT2D eigenvalue weighted by atomic mass is 9.72. The van der Waals surface area contributed by atoms with Gasteiger partial charge in [-0.3, -0.25) is 4.79 Å². The van der Waals surface area contributed by atoms with Gasteiger partial charge in [0.2, 0.25) is 12.2 Å². The van der Waals surface area contributed by atoms with Gasteiger partial charge in [0.25, 0.3) is 0 Å². The summed E-state index contributed by atoms with van der Waals surface area (Å²) >= 11 is 0. The molecule has 5 N–H and O–H groups in total. The highest BCUT2D eigenvalue weighted by Crippen LogP contribution is 2.40. The van der Waals surface area contributed by atoms with Gasteiger partial charge in [-0.25, -0.2) is 0 Å². The third kappa shape index (κ3) is 8.49. The molecular weight excluding hydrogens is 510 g/mol. The lowest BCUT2D eigenvalue weighted by molar-refractivity contribution is -0.277. The Kier molecular flexibility index (Phi) is 11.1. The standard InChI is InChI=1S/C32H43NO7/c1-20(11-16-25-22(3)10-7-17-32(25,4)5)8-6-9-21(2)18-27(35)33-23-12-14-24(15-13-23)39-31-30(38)29(37)28(36)26(19-34)40-31/h6,8-9,11-16,18,26,28-31,34,36-38H,7,10,17,19H2,1-5H3,(H,33,35)/b9-6+,16-11+,20-8+,21-18+/t26-,28-,29+,30-,31-/m1/s1. The first-order valence-electron chi connectivity index (χ1n) is 13.7. The smallest absolute Gasteiger partial charge is 0.248 e. The van der Waals surface area contributed by atoms with Gasteiger partial charge in [0, 0.05) is 11.8 Å². The summed E-state index contributed by atoms with van der Waals surface area (Å²) in [6.07, 6.45) is 8.52. The van der Waals surface area contributed by atoms with Crippen LogP contribution in [-0.4, -0.2) is 63.6 Å². The van der Waals surface area contributed by atoms with Crippen molar-refractivity contribution in [1.82, 2.24) is 0 Å². The van der Waals surface area contributed by atoms with Crippen molar-refractivity contribution < 1.29 is 34.7 Å². The minimum Gasteiger partial charge on any atom is -0.462 e. The van der Waals surface area contributed by atoms with E-state index in [0.29, 0.717) is 11.4 Å². The predicted molar refractivity (Wildman–Crippen MR) is 156 cm³/mol. The molecule has 1 aliphatic heterocycles. The van der Waals surface area contributed by atoms with Gasteiger partial charge in [-0.1, -0.05) is 55.4 Å². The normalized spacial score (nSPS) is 27.9. The Balaban J connectivity index is 1.53. The van der Waals surface area contributed by atoms with Crippen LogP contribution in [0.25, 0.3) is 0 Å². The van der Waals surface area contributed by atoms with Crippen molar-refractivity contribution in [2.75, 3.05) is 11.9 Å². The molecule has 1 amide bonds. The summed E-state index contributed by atoms with van der Waals surface area (Å²) in [6.45, 7) is 10.2. The zero-order chi connectivity index (χ0) is 29.4. The van der Waals surface area contributed by atoms with Gasteiger partial charge in [0.05, 0.1) is 6.61 Å². The summed E-state index contributed by atoms with van der Waals surface area (Å²) in [6, 6.07) is 6.39. The number of benzene rings is 1. The van der Waals surface area contributed by atoms with Gasteiger partial charge in [-0.2, -0.15) is 0 Å². The molecule has 218 valence electrons. The molecule has 1 saturated heterocycles. The third-order valence-electron chi connectivity index (χ3n) is 7.35. The Labute approximate surface area is 237 Å². The largest absolute Gasteiger partial charge is 0.462 e. The van der Waals surface area contributed by atoms with E-state index in [-0.39, 0.29) is 11.3 Å². The van der Waals surface area contributed by atoms with Crippen LogP contribution in [0, 0.1) is 5.41 Å². The Morgan fingerprint density at radius 1 is 1.07 bits per heavy atom. The number of amides is 1. The first kappa shape index (κ1) is 31.5. The molecule has 1 aliphatic carbocycles. The van der Waals surface area contributed by atoms with Crippen LogP contribution in [0.2, 0.25) is 0 Å². The van der Waals surface area contributed by atoms with Crippen molar-refractivity contribution in [3.8, 4) is 5.75 Å². The topological polar surface area (TPSA) is 128 Å². The maximum Gasteiger partial charge on any atom is 0.248 e. The van der Waals surface area contributed by atoms with Gasteiger partial charge in [0.1, 0.15) is 30.2 Å². The fraction of sp³-hybridized carbons (Fsp3) is 0.469. The Morgan fingerprint density at radius 3 is 2.42 bits per heavy atom. The first-order valence-corrected chi connectivity index (χ1v) is 13.7. The van der Waals surface area contributed by atoms with E-state index in [4.69, 9.17) is 9.47 Å². The minimum absolute atomic E-state index is 0.208. The van der Waals surface area contributed by atoms with Crippen LogP contribution in [0.15, 0.2) is 83.0 Å². The monoisotopic (exact) mass is 553 g/mol. The quantitative estimate of drug-likeness (QED) is 0.227. The number of hydrogen-bond acceptors (Lipinski definition) is 7. The van der Waals surface area contributed by atoms with E-state index >= 15 is 0 Å². The van der Waals surface area contributed by atoms with E-state index in [1.165, 1.54) is 30.1 Å². The first-order chi connectivity index (χ1) is 18.9. The van der Waals surface area contributed by atoms with Crippen molar-refractivity contribution in [1.29, 1.82) is 0 Å². The SMILES string of the molecule is CC1=C(/C=C/C(C)=C/C=C/C(C)=C/C(=O)Nc2ccc(O[C@@H]3O[C@H](CO)[C@@H](O)[C@H](O)[C@H]3O)cc2)C(C)(C)CCC1. The number of aliphatic hydroxyl groups is 4. The van der Waals surface area contributed by atoms with Crippen molar-refractivity contribution >= 4 is 11.6 Å². The number of allylic oxidation sites excluding steroid dienone is 9. The Morgan fingerprint density at radius 2 is 1.77 bits per heavy atom. The fourth-order valence-corrected chi connectivity index (χ4v) is 4.98. The van der Waals surface area contributed by atoms with Crippen LogP contribution < -0.4 is 10.1 Å². The lowest BCUT2D eigenvalue weighted by Gasteiger charge is -2.39. The lowest BCUT2D eigenvalue weighted by Crippen LogP contribution is -2.60. The second-order valence-electron chi connectivity index (χ2n) is 11.3. The summed E-state index contributed by atoms with van der Waals surface area (Å²) in [5.74, 6) is 0.0268. The summed E-state index contributed by atoms with van der Waals surface area (Å²) in [5.41, 5.74) is 5.56. The van der Waals surface area contributed by atoms with Gasteiger partial charge in [-0.05, 0) is 80.9 Å². The van der Waals surface area contributed by atoms with Gasteiger partial charge in [-0.15, -0.1) is 0 Å². The Bertz CT molecular complexity index is 1170. The summed E-state index contributed by atoms with van der Waals surface area (Å²) in [7, 11) is 0. The van der Waals surface area contributed by atoms with Crippen molar-refractivity contribution in [2.45, 2.75) is 84.6 Å². The van der Waals surface area contributed by atoms with Crippen LogP contribution in [0.5, 0.6) is 5.75 Å². The molecule has 1 fully saturated rings. The molecule has 0 bridgehead atoms. The van der Waals surface area contributed by atoms with E-state index < -0.39 is 37.3 Å². The summed E-state index contributed by atoms with van der Waals surface area (Å²) in [4.78, 5) is 12.5. The molecule has 0 aromatic heterocycles. The summed E-state index contributed by atoms with van der Waals surface area (Å²) < 4.78 is 10.9. The Hall–Kier alpha value is -3.01. The molecule has 3 rings (SSSR count). The number of rotatable bonds is 9. The second kappa shape index (κ2) is 14.1. The molecule has 1 aromatic carbocycles. The molecule has 0 spiro atoms. The molecule has 0 saturated carbocycles. The van der Waals surface area contributed by atoms with E-state index in [0.717, 1.165) is 17.6 Å². The number of aliphatic hydroxyl groups excluding tert-OH is 4.